The highest BCUT2D eigenvalue weighted by atomic mass is 16.5. The van der Waals surface area contributed by atoms with Crippen LogP contribution < -0.4 is 4.90 Å². The number of aromatic nitrogens is 1. The maximum Gasteiger partial charge on any atom is 0.140 e. The number of benzene rings is 1. The Kier molecular flexibility index (Phi) is 3.51. The Balaban J connectivity index is 1.84. The Morgan fingerprint density at radius 3 is 2.85 bits per heavy atom. The van der Waals surface area contributed by atoms with Gasteiger partial charge in [0.05, 0.1) is 6.54 Å². The van der Waals surface area contributed by atoms with Gasteiger partial charge in [-0.15, -0.1) is 0 Å². The number of hydrogen-bond donors (Lipinski definition) is 0. The first-order chi connectivity index (χ1) is 9.66. The molecule has 0 unspecified atom stereocenters. The molecular formula is C17H22N2O. The van der Waals surface area contributed by atoms with Gasteiger partial charge < -0.3 is 9.42 Å². The number of aryl methyl sites for hydroxylation is 2. The predicted molar refractivity (Wildman–Crippen MR) is 81.2 cm³/mol. The van der Waals surface area contributed by atoms with Crippen molar-refractivity contribution in [3.05, 3.63) is 46.3 Å². The molecule has 20 heavy (non-hydrogen) atoms. The van der Waals surface area contributed by atoms with Gasteiger partial charge in [-0.2, -0.15) is 0 Å². The third kappa shape index (κ3) is 2.33. The van der Waals surface area contributed by atoms with Gasteiger partial charge in [-0.05, 0) is 50.3 Å². The van der Waals surface area contributed by atoms with E-state index in [2.05, 4.69) is 49.2 Å². The standard InChI is InChI=1S/C17H22N2O/c1-12-7-6-9-16(13(12)2)19(3)11-15-14-8-4-5-10-17(14)20-18-15/h6-7,9H,4-5,8,10-11H2,1-3H3. The molecule has 0 radical (unpaired) electrons. The molecule has 2 aromatic rings. The zero-order valence-corrected chi connectivity index (χ0v) is 12.6. The van der Waals surface area contributed by atoms with Gasteiger partial charge in [-0.1, -0.05) is 17.3 Å². The van der Waals surface area contributed by atoms with Crippen LogP contribution in [0.1, 0.15) is 41.0 Å². The van der Waals surface area contributed by atoms with Crippen LogP contribution in [0.3, 0.4) is 0 Å². The van der Waals surface area contributed by atoms with E-state index in [0.717, 1.165) is 30.8 Å². The lowest BCUT2D eigenvalue weighted by Crippen LogP contribution is -2.19. The molecule has 106 valence electrons. The molecule has 3 nitrogen and oxygen atoms in total. The molecule has 0 atom stereocenters. The molecule has 0 fully saturated rings. The fourth-order valence-corrected chi connectivity index (χ4v) is 3.03. The first kappa shape index (κ1) is 13.2. The van der Waals surface area contributed by atoms with Crippen LogP contribution in [0.4, 0.5) is 5.69 Å². The van der Waals surface area contributed by atoms with E-state index in [0.29, 0.717) is 0 Å². The minimum atomic E-state index is 0.823. The van der Waals surface area contributed by atoms with Crippen LogP contribution in [0.15, 0.2) is 22.7 Å². The smallest absolute Gasteiger partial charge is 0.140 e. The van der Waals surface area contributed by atoms with Crippen LogP contribution in [-0.4, -0.2) is 12.2 Å². The van der Waals surface area contributed by atoms with Crippen molar-refractivity contribution in [3.8, 4) is 0 Å². The Bertz CT molecular complexity index is 615. The molecule has 1 aromatic carbocycles. The zero-order valence-electron chi connectivity index (χ0n) is 12.6. The van der Waals surface area contributed by atoms with E-state index >= 15 is 0 Å². The van der Waals surface area contributed by atoms with Crippen LogP contribution in [0.5, 0.6) is 0 Å². The van der Waals surface area contributed by atoms with Crippen LogP contribution in [0, 0.1) is 13.8 Å². The number of rotatable bonds is 3. The Hall–Kier alpha value is -1.77. The first-order valence-corrected chi connectivity index (χ1v) is 7.40. The molecule has 0 bridgehead atoms. The fraction of sp³-hybridized carbons (Fsp3) is 0.471. The van der Waals surface area contributed by atoms with Gasteiger partial charge in [0.2, 0.25) is 0 Å². The van der Waals surface area contributed by atoms with Crippen molar-refractivity contribution in [2.24, 2.45) is 0 Å². The second-order valence-electron chi connectivity index (χ2n) is 5.81. The van der Waals surface area contributed by atoms with Crippen molar-refractivity contribution >= 4 is 5.69 Å². The van der Waals surface area contributed by atoms with Gasteiger partial charge in [-0.25, -0.2) is 0 Å². The molecule has 0 saturated heterocycles. The number of nitrogens with zero attached hydrogens (tertiary/aromatic N) is 2. The van der Waals surface area contributed by atoms with Crippen molar-refractivity contribution in [3.63, 3.8) is 0 Å². The average molecular weight is 270 g/mol. The normalized spacial score (nSPS) is 14.2. The van der Waals surface area contributed by atoms with Gasteiger partial charge >= 0.3 is 0 Å². The van der Waals surface area contributed by atoms with E-state index in [4.69, 9.17) is 4.52 Å². The van der Waals surface area contributed by atoms with Crippen LogP contribution in [-0.2, 0) is 19.4 Å². The number of anilines is 1. The van der Waals surface area contributed by atoms with Gasteiger partial charge in [0, 0.05) is 24.7 Å². The molecule has 3 rings (SSSR count). The van der Waals surface area contributed by atoms with Crippen LogP contribution >= 0.6 is 0 Å². The lowest BCUT2D eigenvalue weighted by atomic mass is 9.96. The summed E-state index contributed by atoms with van der Waals surface area (Å²) in [5, 5.41) is 4.30. The summed E-state index contributed by atoms with van der Waals surface area (Å²) in [4.78, 5) is 2.27. The third-order valence-electron chi connectivity index (χ3n) is 4.41. The summed E-state index contributed by atoms with van der Waals surface area (Å²) in [5.74, 6) is 1.11. The highest BCUT2D eigenvalue weighted by Crippen LogP contribution is 2.27. The first-order valence-electron chi connectivity index (χ1n) is 7.40. The summed E-state index contributed by atoms with van der Waals surface area (Å²) in [5.41, 5.74) is 6.41. The van der Waals surface area contributed by atoms with Crippen molar-refractivity contribution in [2.75, 3.05) is 11.9 Å². The average Bonchev–Trinajstić information content (AvgIpc) is 2.85. The molecule has 1 aliphatic carbocycles. The van der Waals surface area contributed by atoms with Gasteiger partial charge in [0.15, 0.2) is 0 Å². The van der Waals surface area contributed by atoms with Crippen molar-refractivity contribution < 1.29 is 4.52 Å². The summed E-state index contributed by atoms with van der Waals surface area (Å²) in [6.07, 6.45) is 4.66. The van der Waals surface area contributed by atoms with E-state index < -0.39 is 0 Å². The zero-order chi connectivity index (χ0) is 14.1. The largest absolute Gasteiger partial charge is 0.368 e. The fourth-order valence-electron chi connectivity index (χ4n) is 3.03. The molecule has 1 aliphatic rings. The van der Waals surface area contributed by atoms with Crippen molar-refractivity contribution in [1.29, 1.82) is 0 Å². The SMILES string of the molecule is Cc1cccc(N(C)Cc2noc3c2CCCC3)c1C. The van der Waals surface area contributed by atoms with E-state index in [1.165, 1.54) is 35.2 Å². The summed E-state index contributed by atoms with van der Waals surface area (Å²) in [7, 11) is 2.13. The van der Waals surface area contributed by atoms with Gasteiger partial charge in [0.25, 0.3) is 0 Å². The minimum Gasteiger partial charge on any atom is -0.368 e. The molecule has 0 aliphatic heterocycles. The lowest BCUT2D eigenvalue weighted by molar-refractivity contribution is 0.368. The third-order valence-corrected chi connectivity index (χ3v) is 4.41. The summed E-state index contributed by atoms with van der Waals surface area (Å²) in [6.45, 7) is 5.16. The maximum atomic E-state index is 5.50. The molecule has 0 amide bonds. The van der Waals surface area contributed by atoms with E-state index in [9.17, 15) is 0 Å². The van der Waals surface area contributed by atoms with Gasteiger partial charge in [0.1, 0.15) is 11.5 Å². The molecular weight excluding hydrogens is 248 g/mol. The molecule has 3 heteroatoms. The molecule has 1 heterocycles. The van der Waals surface area contributed by atoms with Crippen LogP contribution in [0.25, 0.3) is 0 Å². The van der Waals surface area contributed by atoms with Gasteiger partial charge in [-0.3, -0.25) is 0 Å². The Morgan fingerprint density at radius 1 is 1.20 bits per heavy atom. The molecule has 1 aromatic heterocycles. The van der Waals surface area contributed by atoms with E-state index in [-0.39, 0.29) is 0 Å². The topological polar surface area (TPSA) is 29.3 Å². The summed E-state index contributed by atoms with van der Waals surface area (Å²) in [6, 6.07) is 6.45. The molecule has 0 N–H and O–H groups in total. The van der Waals surface area contributed by atoms with Crippen molar-refractivity contribution in [2.45, 2.75) is 46.1 Å². The minimum absolute atomic E-state index is 0.823. The second kappa shape index (κ2) is 5.31. The van der Waals surface area contributed by atoms with Crippen LogP contribution in [0.2, 0.25) is 0 Å². The van der Waals surface area contributed by atoms with Crippen molar-refractivity contribution in [1.82, 2.24) is 5.16 Å². The predicted octanol–water partition coefficient (Wildman–Crippen LogP) is 3.81. The summed E-state index contributed by atoms with van der Waals surface area (Å²) < 4.78 is 5.50. The monoisotopic (exact) mass is 270 g/mol. The Labute approximate surface area is 120 Å². The Morgan fingerprint density at radius 2 is 2.00 bits per heavy atom. The molecule has 0 saturated carbocycles. The highest BCUT2D eigenvalue weighted by molar-refractivity contribution is 5.55. The van der Waals surface area contributed by atoms with E-state index in [1.54, 1.807) is 0 Å². The highest BCUT2D eigenvalue weighted by Gasteiger charge is 2.20. The maximum absolute atomic E-state index is 5.50. The number of hydrogen-bond acceptors (Lipinski definition) is 3. The quantitative estimate of drug-likeness (QED) is 0.849. The summed E-state index contributed by atoms with van der Waals surface area (Å²) >= 11 is 0. The second-order valence-corrected chi connectivity index (χ2v) is 5.81. The molecule has 0 spiro atoms. The lowest BCUT2D eigenvalue weighted by Gasteiger charge is -2.22. The number of fused-ring (bicyclic) bond motifs is 1. The van der Waals surface area contributed by atoms with E-state index in [1.807, 2.05) is 0 Å².